The second-order valence-corrected chi connectivity index (χ2v) is 7.29. The Morgan fingerprint density at radius 1 is 0.970 bits per heavy atom. The zero-order valence-electron chi connectivity index (χ0n) is 17.6. The van der Waals surface area contributed by atoms with E-state index in [0.717, 1.165) is 0 Å². The lowest BCUT2D eigenvalue weighted by Gasteiger charge is -2.27. The lowest BCUT2D eigenvalue weighted by Crippen LogP contribution is -2.44. The van der Waals surface area contributed by atoms with E-state index in [1.807, 2.05) is 0 Å². The standard InChI is InChI=1S/C24H21N3O6/c28-23(18-4-2-1-3-5-18)25-21(24(29)26-12-14-32-15-13-26)16-20-10-11-22(33-20)17-6-8-19(9-7-17)27(30)31/h1-11,16H,12-15H2,(H,25,28)/b21-16-. The number of non-ortho nitro benzene ring substituents is 1. The van der Waals surface area contributed by atoms with Gasteiger partial charge in [-0.3, -0.25) is 19.7 Å². The first kappa shape index (κ1) is 22.0. The summed E-state index contributed by atoms with van der Waals surface area (Å²) >= 11 is 0. The Morgan fingerprint density at radius 3 is 2.33 bits per heavy atom. The van der Waals surface area contributed by atoms with E-state index in [0.29, 0.717) is 49.0 Å². The van der Waals surface area contributed by atoms with Crippen LogP contribution in [0.5, 0.6) is 0 Å². The molecule has 33 heavy (non-hydrogen) atoms. The van der Waals surface area contributed by atoms with Gasteiger partial charge in [0.15, 0.2) is 0 Å². The number of carbonyl (C=O) groups is 2. The summed E-state index contributed by atoms with van der Waals surface area (Å²) in [5.74, 6) is 0.0819. The molecule has 4 rings (SSSR count). The number of hydrogen-bond donors (Lipinski definition) is 1. The van der Waals surface area contributed by atoms with E-state index in [1.54, 1.807) is 59.5 Å². The van der Waals surface area contributed by atoms with E-state index in [2.05, 4.69) is 5.32 Å². The molecule has 1 saturated heterocycles. The summed E-state index contributed by atoms with van der Waals surface area (Å²) in [5, 5.41) is 13.6. The predicted molar refractivity (Wildman–Crippen MR) is 120 cm³/mol. The van der Waals surface area contributed by atoms with Gasteiger partial charge >= 0.3 is 0 Å². The summed E-state index contributed by atoms with van der Waals surface area (Å²) < 4.78 is 11.1. The van der Waals surface area contributed by atoms with Gasteiger partial charge in [0.2, 0.25) is 0 Å². The van der Waals surface area contributed by atoms with Crippen LogP contribution in [0.3, 0.4) is 0 Å². The van der Waals surface area contributed by atoms with Gasteiger partial charge in [0.05, 0.1) is 18.1 Å². The van der Waals surface area contributed by atoms with Gasteiger partial charge < -0.3 is 19.4 Å². The fraction of sp³-hybridized carbons (Fsp3) is 0.167. The van der Waals surface area contributed by atoms with Crippen molar-refractivity contribution in [3.63, 3.8) is 0 Å². The minimum Gasteiger partial charge on any atom is -0.457 e. The largest absolute Gasteiger partial charge is 0.457 e. The van der Waals surface area contributed by atoms with Crippen LogP contribution in [0.4, 0.5) is 5.69 Å². The van der Waals surface area contributed by atoms with Crippen LogP contribution in [-0.4, -0.2) is 47.9 Å². The molecule has 2 heterocycles. The van der Waals surface area contributed by atoms with E-state index in [9.17, 15) is 19.7 Å². The third kappa shape index (κ3) is 5.34. The first-order chi connectivity index (χ1) is 16.0. The third-order valence-electron chi connectivity index (χ3n) is 5.09. The molecule has 9 nitrogen and oxygen atoms in total. The van der Waals surface area contributed by atoms with Crippen molar-refractivity contribution >= 4 is 23.6 Å². The molecule has 0 bridgehead atoms. The van der Waals surface area contributed by atoms with Crippen molar-refractivity contribution in [3.8, 4) is 11.3 Å². The molecule has 1 aromatic heterocycles. The summed E-state index contributed by atoms with van der Waals surface area (Å²) in [6.45, 7) is 1.69. The average Bonchev–Trinajstić information content (AvgIpc) is 3.33. The molecular weight excluding hydrogens is 426 g/mol. The molecule has 1 N–H and O–H groups in total. The molecule has 0 radical (unpaired) electrons. The van der Waals surface area contributed by atoms with Crippen LogP contribution in [0, 0.1) is 10.1 Å². The van der Waals surface area contributed by atoms with Gasteiger partial charge in [-0.15, -0.1) is 0 Å². The van der Waals surface area contributed by atoms with Gasteiger partial charge in [-0.25, -0.2) is 0 Å². The Morgan fingerprint density at radius 2 is 1.67 bits per heavy atom. The molecule has 0 aliphatic carbocycles. The number of amides is 2. The SMILES string of the molecule is O=C(N/C(=C\c1ccc(-c2ccc([N+](=O)[O-])cc2)o1)C(=O)N1CCOCC1)c1ccccc1. The molecule has 3 aromatic rings. The van der Waals surface area contributed by atoms with Gasteiger partial charge in [0.1, 0.15) is 17.2 Å². The molecule has 2 amide bonds. The van der Waals surface area contributed by atoms with E-state index in [4.69, 9.17) is 9.15 Å². The Kier molecular flexibility index (Phi) is 6.61. The number of benzene rings is 2. The molecule has 1 fully saturated rings. The third-order valence-corrected chi connectivity index (χ3v) is 5.09. The van der Waals surface area contributed by atoms with E-state index in [1.165, 1.54) is 18.2 Å². The molecule has 9 heteroatoms. The average molecular weight is 447 g/mol. The van der Waals surface area contributed by atoms with Gasteiger partial charge in [0, 0.05) is 42.4 Å². The number of nitrogens with zero attached hydrogens (tertiary/aromatic N) is 2. The van der Waals surface area contributed by atoms with Crippen molar-refractivity contribution < 1.29 is 23.7 Å². The first-order valence-corrected chi connectivity index (χ1v) is 10.3. The maximum absolute atomic E-state index is 13.1. The quantitative estimate of drug-likeness (QED) is 0.351. The highest BCUT2D eigenvalue weighted by molar-refractivity contribution is 6.05. The second-order valence-electron chi connectivity index (χ2n) is 7.29. The Balaban J connectivity index is 1.60. The van der Waals surface area contributed by atoms with Gasteiger partial charge in [-0.1, -0.05) is 18.2 Å². The minimum atomic E-state index is -0.473. The summed E-state index contributed by atoms with van der Waals surface area (Å²) in [4.78, 5) is 37.8. The number of ether oxygens (including phenoxy) is 1. The van der Waals surface area contributed by atoms with Gasteiger partial charge in [-0.2, -0.15) is 0 Å². The van der Waals surface area contributed by atoms with Crippen LogP contribution in [-0.2, 0) is 9.53 Å². The number of rotatable bonds is 6. The maximum atomic E-state index is 13.1. The van der Waals surface area contributed by atoms with E-state index in [-0.39, 0.29) is 17.3 Å². The number of hydrogen-bond acceptors (Lipinski definition) is 6. The van der Waals surface area contributed by atoms with Crippen molar-refractivity contribution in [2.75, 3.05) is 26.3 Å². The van der Waals surface area contributed by atoms with Crippen molar-refractivity contribution in [1.82, 2.24) is 10.2 Å². The minimum absolute atomic E-state index is 0.0209. The molecule has 0 saturated carbocycles. The van der Waals surface area contributed by atoms with Crippen molar-refractivity contribution in [2.24, 2.45) is 0 Å². The number of nitro groups is 1. The summed E-state index contributed by atoms with van der Waals surface area (Å²) in [5.41, 5.74) is 1.13. The second kappa shape index (κ2) is 9.92. The van der Waals surface area contributed by atoms with Crippen LogP contribution in [0.25, 0.3) is 17.4 Å². The fourth-order valence-corrected chi connectivity index (χ4v) is 3.35. The monoisotopic (exact) mass is 447 g/mol. The highest BCUT2D eigenvalue weighted by Gasteiger charge is 2.23. The van der Waals surface area contributed by atoms with E-state index < -0.39 is 10.8 Å². The summed E-state index contributed by atoms with van der Waals surface area (Å²) in [6, 6.07) is 17.9. The molecule has 0 spiro atoms. The molecular formula is C24H21N3O6. The van der Waals surface area contributed by atoms with E-state index >= 15 is 0 Å². The molecule has 1 aliphatic heterocycles. The Labute approximate surface area is 189 Å². The fourth-order valence-electron chi connectivity index (χ4n) is 3.35. The lowest BCUT2D eigenvalue weighted by molar-refractivity contribution is -0.384. The van der Waals surface area contributed by atoms with Gasteiger partial charge in [0.25, 0.3) is 17.5 Å². The summed E-state index contributed by atoms with van der Waals surface area (Å²) in [7, 11) is 0. The topological polar surface area (TPSA) is 115 Å². The van der Waals surface area contributed by atoms with Crippen molar-refractivity contribution in [3.05, 3.63) is 93.9 Å². The number of morpholine rings is 1. The molecule has 0 atom stereocenters. The Hall–Kier alpha value is -4.24. The zero-order valence-corrected chi connectivity index (χ0v) is 17.6. The van der Waals surface area contributed by atoms with Gasteiger partial charge in [-0.05, 0) is 36.4 Å². The zero-order chi connectivity index (χ0) is 23.2. The normalized spacial score (nSPS) is 14.1. The van der Waals surface area contributed by atoms with Crippen molar-refractivity contribution in [1.29, 1.82) is 0 Å². The summed E-state index contributed by atoms with van der Waals surface area (Å²) in [6.07, 6.45) is 1.48. The smallest absolute Gasteiger partial charge is 0.270 e. The van der Waals surface area contributed by atoms with Crippen LogP contribution in [0.1, 0.15) is 16.1 Å². The lowest BCUT2D eigenvalue weighted by atomic mass is 10.1. The van der Waals surface area contributed by atoms with Crippen molar-refractivity contribution in [2.45, 2.75) is 0 Å². The molecule has 0 unspecified atom stereocenters. The predicted octanol–water partition coefficient (Wildman–Crippen LogP) is 3.48. The first-order valence-electron chi connectivity index (χ1n) is 10.3. The molecule has 2 aromatic carbocycles. The number of nitro benzene ring substituents is 1. The molecule has 1 aliphatic rings. The number of furan rings is 1. The van der Waals surface area contributed by atoms with Crippen LogP contribution < -0.4 is 5.32 Å². The maximum Gasteiger partial charge on any atom is 0.270 e. The molecule has 168 valence electrons. The number of nitrogens with one attached hydrogen (secondary N) is 1. The van der Waals surface area contributed by atoms with Crippen LogP contribution in [0.15, 0.2) is 76.8 Å². The number of carbonyl (C=O) groups excluding carboxylic acids is 2. The Bertz CT molecular complexity index is 1180. The highest BCUT2D eigenvalue weighted by atomic mass is 16.6. The highest BCUT2D eigenvalue weighted by Crippen LogP contribution is 2.25. The van der Waals surface area contributed by atoms with Crippen LogP contribution in [0.2, 0.25) is 0 Å². The van der Waals surface area contributed by atoms with Crippen LogP contribution >= 0.6 is 0 Å².